The van der Waals surface area contributed by atoms with E-state index in [9.17, 15) is 29.1 Å². The van der Waals surface area contributed by atoms with Gasteiger partial charge in [0.25, 0.3) is 0 Å². The molecule has 0 aromatic carbocycles. The fraction of sp³-hybridized carbons (Fsp3) is 0.844. The minimum atomic E-state index is -1.32. The van der Waals surface area contributed by atoms with E-state index in [0.29, 0.717) is 36.4 Å². The zero-order valence-corrected chi connectivity index (χ0v) is 35.6. The van der Waals surface area contributed by atoms with E-state index in [1.165, 1.54) is 33.3 Å². The number of hydrogen-bond donors (Lipinski definition) is 1. The SMILES string of the molecule is C=C(C)[C@@H]1CC[C@]2(C[C@@H](O)[C@@H]3OC(COC(C)=O)[C@H](OC(C)=O)[C@H](OC(C)=O)C3OC(C)=O)CC[C@]3(C)C(CCC4[C@@]5(C)CCC(=O)C(C)(C)C5CC[C@]43C)C12. The summed E-state index contributed by atoms with van der Waals surface area (Å²) in [6.07, 6.45) is 2.78. The largest absolute Gasteiger partial charge is 0.463 e. The highest BCUT2D eigenvalue weighted by Crippen LogP contribution is 2.77. The van der Waals surface area contributed by atoms with Gasteiger partial charge in [-0.15, -0.1) is 0 Å². The van der Waals surface area contributed by atoms with E-state index in [1.807, 2.05) is 0 Å². The molecule has 1 aliphatic heterocycles. The van der Waals surface area contributed by atoms with Gasteiger partial charge in [-0.2, -0.15) is 0 Å². The Labute approximate surface area is 333 Å². The number of esters is 4. The summed E-state index contributed by atoms with van der Waals surface area (Å²) in [6, 6.07) is 0. The molecular weight excluding hydrogens is 716 g/mol. The lowest BCUT2D eigenvalue weighted by molar-refractivity contribution is -0.270. The first-order valence-electron chi connectivity index (χ1n) is 21.2. The zero-order chi connectivity index (χ0) is 41.3. The summed E-state index contributed by atoms with van der Waals surface area (Å²) < 4.78 is 28.9. The number of aliphatic hydroxyl groups excluding tert-OH is 1. The number of allylic oxidation sites excluding steroid dienone is 1. The van der Waals surface area contributed by atoms with E-state index < -0.39 is 60.5 Å². The Morgan fingerprint density at radius 1 is 0.750 bits per heavy atom. The summed E-state index contributed by atoms with van der Waals surface area (Å²) in [6.45, 7) is 23.2. The molecule has 1 N–H and O–H groups in total. The van der Waals surface area contributed by atoms with Gasteiger partial charge in [-0.1, -0.05) is 46.8 Å². The molecule has 1 saturated heterocycles. The zero-order valence-electron chi connectivity index (χ0n) is 35.6. The number of fused-ring (bicyclic) bond motifs is 7. The van der Waals surface area contributed by atoms with Crippen molar-refractivity contribution < 1.29 is 52.8 Å². The molecule has 6 rings (SSSR count). The lowest BCUT2D eigenvalue weighted by Crippen LogP contribution is -2.67. The first-order chi connectivity index (χ1) is 26.0. The second kappa shape index (κ2) is 15.1. The van der Waals surface area contributed by atoms with Crippen molar-refractivity contribution in [3.63, 3.8) is 0 Å². The van der Waals surface area contributed by atoms with Crippen molar-refractivity contribution in [3.05, 3.63) is 12.2 Å². The molecule has 0 radical (unpaired) electrons. The van der Waals surface area contributed by atoms with Crippen LogP contribution < -0.4 is 0 Å². The van der Waals surface area contributed by atoms with E-state index in [4.69, 9.17) is 23.7 Å². The third kappa shape index (κ3) is 6.96. The van der Waals surface area contributed by atoms with Crippen LogP contribution in [0.5, 0.6) is 0 Å². The molecule has 6 aliphatic rings. The molecule has 5 aliphatic carbocycles. The molecule has 1 heterocycles. The number of ketones is 1. The van der Waals surface area contributed by atoms with Crippen molar-refractivity contribution >= 4 is 29.7 Å². The highest BCUT2D eigenvalue weighted by molar-refractivity contribution is 5.85. The van der Waals surface area contributed by atoms with Gasteiger partial charge < -0.3 is 28.8 Å². The van der Waals surface area contributed by atoms with Crippen molar-refractivity contribution in [2.75, 3.05) is 6.61 Å². The molecule has 314 valence electrons. The minimum absolute atomic E-state index is 0.0427. The quantitative estimate of drug-likeness (QED) is 0.145. The summed E-state index contributed by atoms with van der Waals surface area (Å²) in [5, 5.41) is 12.5. The predicted molar refractivity (Wildman–Crippen MR) is 207 cm³/mol. The second-order valence-corrected chi connectivity index (χ2v) is 20.1. The third-order valence-electron chi connectivity index (χ3n) is 17.0. The molecule has 0 amide bonds. The fourth-order valence-corrected chi connectivity index (χ4v) is 14.5. The van der Waals surface area contributed by atoms with Gasteiger partial charge in [-0.3, -0.25) is 24.0 Å². The molecule has 15 atom stereocenters. The Morgan fingerprint density at radius 2 is 1.38 bits per heavy atom. The number of aliphatic hydroxyl groups is 1. The van der Waals surface area contributed by atoms with E-state index in [1.54, 1.807) is 0 Å². The highest BCUT2D eigenvalue weighted by Gasteiger charge is 2.71. The van der Waals surface area contributed by atoms with Crippen LogP contribution in [0, 0.1) is 56.7 Å². The van der Waals surface area contributed by atoms with Crippen LogP contribution in [0.15, 0.2) is 12.2 Å². The third-order valence-corrected chi connectivity index (χ3v) is 17.0. The average molecular weight is 785 g/mol. The van der Waals surface area contributed by atoms with Crippen LogP contribution in [0.1, 0.15) is 140 Å². The lowest BCUT2D eigenvalue weighted by Gasteiger charge is -2.72. The van der Waals surface area contributed by atoms with E-state index >= 15 is 0 Å². The molecule has 11 heteroatoms. The van der Waals surface area contributed by atoms with Gasteiger partial charge >= 0.3 is 23.9 Å². The van der Waals surface area contributed by atoms with Crippen molar-refractivity contribution in [1.29, 1.82) is 0 Å². The Bertz CT molecular complexity index is 1600. The van der Waals surface area contributed by atoms with Gasteiger partial charge in [-0.25, -0.2) is 0 Å². The highest BCUT2D eigenvalue weighted by atomic mass is 16.7. The standard InChI is InChI=1S/C45H68O11/c1-24(2)29-14-19-45(22-31(50)37-39(54-27(5)48)40(55-28(6)49)38(53-26(4)47)32(56-37)23-52-25(3)46)21-20-43(10)30(36(29)45)12-13-34-42(9)17-16-35(51)41(7,8)33(42)15-18-44(34,43)11/h29-34,36-40,50H,1,12-23H2,2-11H3/t29-,30?,31+,32?,33?,34?,36?,37-,38-,39?,40-,42-,43+,44+,45+/m0/s1. The number of Topliss-reactive ketones (excluding diaryl/α,β-unsaturated/α-hetero) is 1. The minimum Gasteiger partial charge on any atom is -0.463 e. The van der Waals surface area contributed by atoms with Gasteiger partial charge in [0.15, 0.2) is 18.3 Å². The number of carbonyl (C=O) groups is 5. The normalized spacial score (nSPS) is 44.4. The van der Waals surface area contributed by atoms with Crippen molar-refractivity contribution in [3.8, 4) is 0 Å². The Kier molecular flexibility index (Phi) is 11.5. The maximum Gasteiger partial charge on any atom is 0.303 e. The molecule has 5 saturated carbocycles. The van der Waals surface area contributed by atoms with Gasteiger partial charge in [0, 0.05) is 39.5 Å². The molecule has 0 aromatic rings. The average Bonchev–Trinajstić information content (AvgIpc) is 3.47. The van der Waals surface area contributed by atoms with E-state index in [2.05, 4.69) is 48.1 Å². The monoisotopic (exact) mass is 784 g/mol. The molecule has 56 heavy (non-hydrogen) atoms. The maximum atomic E-state index is 13.3. The van der Waals surface area contributed by atoms with E-state index in [-0.39, 0.29) is 45.5 Å². The number of carbonyl (C=O) groups excluding carboxylic acids is 5. The number of rotatable bonds is 9. The van der Waals surface area contributed by atoms with Crippen LogP contribution in [0.4, 0.5) is 0 Å². The molecule has 6 fully saturated rings. The smallest absolute Gasteiger partial charge is 0.303 e. The van der Waals surface area contributed by atoms with Gasteiger partial charge in [-0.05, 0) is 122 Å². The molecular formula is C45H68O11. The van der Waals surface area contributed by atoms with Crippen LogP contribution in [-0.2, 0) is 47.7 Å². The first kappa shape index (κ1) is 42.8. The van der Waals surface area contributed by atoms with Crippen molar-refractivity contribution in [2.45, 2.75) is 176 Å². The maximum absolute atomic E-state index is 13.3. The molecule has 6 unspecified atom stereocenters. The first-order valence-corrected chi connectivity index (χ1v) is 21.2. The topological polar surface area (TPSA) is 152 Å². The summed E-state index contributed by atoms with van der Waals surface area (Å²) in [4.78, 5) is 62.7. The molecule has 11 nitrogen and oxygen atoms in total. The van der Waals surface area contributed by atoms with Crippen molar-refractivity contribution in [2.24, 2.45) is 56.7 Å². The van der Waals surface area contributed by atoms with Crippen LogP contribution in [-0.4, -0.2) is 78.0 Å². The molecule has 0 spiro atoms. The number of hydrogen-bond acceptors (Lipinski definition) is 11. The molecule has 0 aromatic heterocycles. The second-order valence-electron chi connectivity index (χ2n) is 20.1. The van der Waals surface area contributed by atoms with Crippen LogP contribution in [0.3, 0.4) is 0 Å². The summed E-state index contributed by atoms with van der Waals surface area (Å²) in [5.74, 6) is -0.433. The van der Waals surface area contributed by atoms with Crippen LogP contribution in [0.25, 0.3) is 0 Å². The summed E-state index contributed by atoms with van der Waals surface area (Å²) in [5.41, 5.74) is 0.817. The van der Waals surface area contributed by atoms with Gasteiger partial charge in [0.1, 0.15) is 24.6 Å². The Morgan fingerprint density at radius 3 is 1.98 bits per heavy atom. The summed E-state index contributed by atoms with van der Waals surface area (Å²) in [7, 11) is 0. The number of ether oxygens (including phenoxy) is 5. The van der Waals surface area contributed by atoms with Crippen LogP contribution >= 0.6 is 0 Å². The Hall–Kier alpha value is -2.79. The predicted octanol–water partition coefficient (Wildman–Crippen LogP) is 7.09. The lowest BCUT2D eigenvalue weighted by atomic mass is 9.32. The molecule has 0 bridgehead atoms. The summed E-state index contributed by atoms with van der Waals surface area (Å²) >= 11 is 0. The Balaban J connectivity index is 1.35. The van der Waals surface area contributed by atoms with Gasteiger partial charge in [0.2, 0.25) is 0 Å². The van der Waals surface area contributed by atoms with Crippen LogP contribution in [0.2, 0.25) is 0 Å². The van der Waals surface area contributed by atoms with Crippen molar-refractivity contribution in [1.82, 2.24) is 0 Å². The fourth-order valence-electron chi connectivity index (χ4n) is 14.5. The van der Waals surface area contributed by atoms with Gasteiger partial charge in [0.05, 0.1) is 6.10 Å². The van der Waals surface area contributed by atoms with E-state index in [0.717, 1.165) is 57.8 Å².